The molecule has 1 aromatic rings. The zero-order chi connectivity index (χ0) is 10.8. The molecule has 0 amide bonds. The van der Waals surface area contributed by atoms with Crippen LogP contribution in [0.1, 0.15) is 5.56 Å². The first-order chi connectivity index (χ1) is 6.42. The van der Waals surface area contributed by atoms with Crippen molar-refractivity contribution in [3.63, 3.8) is 0 Å². The Bertz CT molecular complexity index is 311. The van der Waals surface area contributed by atoms with Crippen LogP contribution in [0.2, 0.25) is 0 Å². The summed E-state index contributed by atoms with van der Waals surface area (Å²) in [6.45, 7) is -0.309. The molecule has 0 aliphatic carbocycles. The van der Waals surface area contributed by atoms with E-state index in [1.54, 1.807) is 20.2 Å². The first-order valence-electron chi connectivity index (χ1n) is 4.30. The Hall–Kier alpha value is -1.16. The molecule has 78 valence electrons. The molecular formula is C10H14F2N2. The Kier molecular flexibility index (Phi) is 3.06. The van der Waals surface area contributed by atoms with E-state index in [0.717, 1.165) is 0 Å². The molecule has 4 heteroatoms. The van der Waals surface area contributed by atoms with Gasteiger partial charge in [-0.2, -0.15) is 8.78 Å². The number of rotatable bonds is 3. The van der Waals surface area contributed by atoms with E-state index in [9.17, 15) is 8.78 Å². The van der Waals surface area contributed by atoms with Gasteiger partial charge in [0.15, 0.2) is 0 Å². The summed E-state index contributed by atoms with van der Waals surface area (Å²) in [5, 5.41) is 0. The predicted octanol–water partition coefficient (Wildman–Crippen LogP) is 1.92. The van der Waals surface area contributed by atoms with Crippen molar-refractivity contribution in [2.45, 2.75) is 5.92 Å². The number of halogens is 2. The number of anilines is 1. The fraction of sp³-hybridized carbons (Fsp3) is 0.400. The SMILES string of the molecule is CN(C)CC(F)(F)c1cccc(N)c1. The van der Waals surface area contributed by atoms with E-state index in [-0.39, 0.29) is 12.1 Å². The molecule has 1 aromatic carbocycles. The van der Waals surface area contributed by atoms with Crippen molar-refractivity contribution in [2.75, 3.05) is 26.4 Å². The van der Waals surface area contributed by atoms with Crippen LogP contribution >= 0.6 is 0 Å². The second-order valence-electron chi connectivity index (χ2n) is 3.57. The molecule has 0 aliphatic heterocycles. The molecule has 14 heavy (non-hydrogen) atoms. The second kappa shape index (κ2) is 3.92. The highest BCUT2D eigenvalue weighted by atomic mass is 19.3. The molecule has 0 heterocycles. The molecule has 2 N–H and O–H groups in total. The predicted molar refractivity (Wildman–Crippen MR) is 53.3 cm³/mol. The topological polar surface area (TPSA) is 29.3 Å². The quantitative estimate of drug-likeness (QED) is 0.755. The number of alkyl halides is 2. The molecule has 0 bridgehead atoms. The maximum Gasteiger partial charge on any atom is 0.285 e. The minimum Gasteiger partial charge on any atom is -0.399 e. The van der Waals surface area contributed by atoms with Gasteiger partial charge in [0.25, 0.3) is 5.92 Å². The summed E-state index contributed by atoms with van der Waals surface area (Å²) in [7, 11) is 3.22. The van der Waals surface area contributed by atoms with E-state index in [2.05, 4.69) is 0 Å². The molecular weight excluding hydrogens is 186 g/mol. The van der Waals surface area contributed by atoms with Crippen LogP contribution in [0.3, 0.4) is 0 Å². The lowest BCUT2D eigenvalue weighted by molar-refractivity contribution is -0.0269. The molecule has 0 fully saturated rings. The molecule has 0 saturated heterocycles. The Morgan fingerprint density at radius 2 is 2.00 bits per heavy atom. The van der Waals surface area contributed by atoms with Gasteiger partial charge in [-0.25, -0.2) is 0 Å². The lowest BCUT2D eigenvalue weighted by Gasteiger charge is -2.21. The summed E-state index contributed by atoms with van der Waals surface area (Å²) in [4.78, 5) is 1.45. The van der Waals surface area contributed by atoms with Crippen LogP contribution in [0.15, 0.2) is 24.3 Å². The summed E-state index contributed by atoms with van der Waals surface area (Å²) in [5.41, 5.74) is 5.77. The smallest absolute Gasteiger partial charge is 0.285 e. The first kappa shape index (κ1) is 10.9. The van der Waals surface area contributed by atoms with Crippen molar-refractivity contribution in [3.05, 3.63) is 29.8 Å². The summed E-state index contributed by atoms with van der Waals surface area (Å²) >= 11 is 0. The zero-order valence-corrected chi connectivity index (χ0v) is 8.30. The van der Waals surface area contributed by atoms with E-state index in [1.807, 2.05) is 0 Å². The number of benzene rings is 1. The van der Waals surface area contributed by atoms with E-state index in [0.29, 0.717) is 5.69 Å². The van der Waals surface area contributed by atoms with Crippen molar-refractivity contribution < 1.29 is 8.78 Å². The average molecular weight is 200 g/mol. The van der Waals surface area contributed by atoms with Gasteiger partial charge in [-0.1, -0.05) is 12.1 Å². The minimum absolute atomic E-state index is 0.0359. The van der Waals surface area contributed by atoms with Crippen LogP contribution in [0.25, 0.3) is 0 Å². The third-order valence-electron chi connectivity index (χ3n) is 1.82. The summed E-state index contributed by atoms with van der Waals surface area (Å²) in [5.74, 6) is -2.85. The number of likely N-dealkylation sites (N-methyl/N-ethyl adjacent to an activating group) is 1. The maximum absolute atomic E-state index is 13.5. The Morgan fingerprint density at radius 3 is 2.50 bits per heavy atom. The Labute approximate surface area is 82.3 Å². The van der Waals surface area contributed by atoms with Gasteiger partial charge < -0.3 is 10.6 Å². The van der Waals surface area contributed by atoms with E-state index < -0.39 is 5.92 Å². The largest absolute Gasteiger partial charge is 0.399 e. The lowest BCUT2D eigenvalue weighted by atomic mass is 10.1. The highest BCUT2D eigenvalue weighted by molar-refractivity contribution is 5.42. The van der Waals surface area contributed by atoms with Crippen molar-refractivity contribution in [1.82, 2.24) is 4.90 Å². The fourth-order valence-electron chi connectivity index (χ4n) is 1.25. The summed E-state index contributed by atoms with van der Waals surface area (Å²) < 4.78 is 27.0. The summed E-state index contributed by atoms with van der Waals surface area (Å²) in [6, 6.07) is 5.83. The fourth-order valence-corrected chi connectivity index (χ4v) is 1.25. The van der Waals surface area contributed by atoms with Crippen LogP contribution in [0, 0.1) is 0 Å². The normalized spacial score (nSPS) is 12.1. The molecule has 0 aliphatic rings. The molecule has 0 unspecified atom stereocenters. The van der Waals surface area contributed by atoms with Crippen LogP contribution < -0.4 is 5.73 Å². The van der Waals surface area contributed by atoms with Crippen molar-refractivity contribution in [1.29, 1.82) is 0 Å². The molecule has 1 rings (SSSR count). The van der Waals surface area contributed by atoms with E-state index in [1.165, 1.54) is 23.1 Å². The lowest BCUT2D eigenvalue weighted by Crippen LogP contribution is -2.29. The third-order valence-corrected chi connectivity index (χ3v) is 1.82. The Morgan fingerprint density at radius 1 is 1.36 bits per heavy atom. The minimum atomic E-state index is -2.85. The van der Waals surface area contributed by atoms with Gasteiger partial charge in [0.1, 0.15) is 0 Å². The Balaban J connectivity index is 2.91. The highest BCUT2D eigenvalue weighted by Crippen LogP contribution is 2.29. The first-order valence-corrected chi connectivity index (χ1v) is 4.30. The standard InChI is InChI=1S/C10H14F2N2/c1-14(2)7-10(11,12)8-4-3-5-9(13)6-8/h3-6H,7,13H2,1-2H3. The van der Waals surface area contributed by atoms with Gasteiger partial charge in [0, 0.05) is 11.3 Å². The number of hydrogen-bond acceptors (Lipinski definition) is 2. The maximum atomic E-state index is 13.5. The average Bonchev–Trinajstić information content (AvgIpc) is 2.01. The number of nitrogens with two attached hydrogens (primary N) is 1. The zero-order valence-electron chi connectivity index (χ0n) is 8.30. The van der Waals surface area contributed by atoms with Gasteiger partial charge in [-0.3, -0.25) is 0 Å². The molecule has 0 saturated carbocycles. The van der Waals surface area contributed by atoms with Gasteiger partial charge in [-0.05, 0) is 26.2 Å². The van der Waals surface area contributed by atoms with Crippen molar-refractivity contribution >= 4 is 5.69 Å². The van der Waals surface area contributed by atoms with Crippen LogP contribution in [-0.2, 0) is 5.92 Å². The molecule has 2 nitrogen and oxygen atoms in total. The van der Waals surface area contributed by atoms with Crippen molar-refractivity contribution in [3.8, 4) is 0 Å². The molecule has 0 atom stereocenters. The highest BCUT2D eigenvalue weighted by Gasteiger charge is 2.31. The molecule has 0 radical (unpaired) electrons. The van der Waals surface area contributed by atoms with Crippen LogP contribution in [-0.4, -0.2) is 25.5 Å². The summed E-state index contributed by atoms with van der Waals surface area (Å²) in [6.07, 6.45) is 0. The van der Waals surface area contributed by atoms with E-state index >= 15 is 0 Å². The van der Waals surface area contributed by atoms with Gasteiger partial charge in [0.05, 0.1) is 6.54 Å². The van der Waals surface area contributed by atoms with E-state index in [4.69, 9.17) is 5.73 Å². The second-order valence-corrected chi connectivity index (χ2v) is 3.57. The monoisotopic (exact) mass is 200 g/mol. The van der Waals surface area contributed by atoms with Gasteiger partial charge >= 0.3 is 0 Å². The van der Waals surface area contributed by atoms with Gasteiger partial charge in [0.2, 0.25) is 0 Å². The van der Waals surface area contributed by atoms with Crippen LogP contribution in [0.4, 0.5) is 14.5 Å². The van der Waals surface area contributed by atoms with Crippen LogP contribution in [0.5, 0.6) is 0 Å². The third kappa shape index (κ3) is 2.67. The number of nitrogen functional groups attached to an aromatic ring is 1. The van der Waals surface area contributed by atoms with Crippen molar-refractivity contribution in [2.24, 2.45) is 0 Å². The number of hydrogen-bond donors (Lipinski definition) is 1. The molecule has 0 aromatic heterocycles. The van der Waals surface area contributed by atoms with Gasteiger partial charge in [-0.15, -0.1) is 0 Å². The number of nitrogens with zero attached hydrogens (tertiary/aromatic N) is 1. The molecule has 0 spiro atoms.